The van der Waals surface area contributed by atoms with E-state index in [2.05, 4.69) is 177 Å². The molecule has 0 aliphatic heterocycles. The number of benzene rings is 8. The van der Waals surface area contributed by atoms with E-state index in [1.807, 2.05) is 0 Å². The molecule has 0 aromatic heterocycles. The molecule has 0 atom stereocenters. The number of hydrogen-bond donors (Lipinski definition) is 0. The minimum atomic E-state index is 1.11. The lowest BCUT2D eigenvalue weighted by Gasteiger charge is -2.19. The Morgan fingerprint density at radius 3 is 0.976 bits per heavy atom. The van der Waals surface area contributed by atoms with E-state index in [1.165, 1.54) is 76.8 Å². The Morgan fingerprint density at radius 2 is 0.595 bits per heavy atom. The summed E-state index contributed by atoms with van der Waals surface area (Å²) in [7, 11) is 0. The lowest BCUT2D eigenvalue weighted by atomic mass is 9.87. The Balaban J connectivity index is 1.32. The zero-order chi connectivity index (χ0) is 28.2. The molecule has 0 spiro atoms. The molecule has 198 valence electrons. The molecule has 0 aliphatic rings. The summed E-state index contributed by atoms with van der Waals surface area (Å²) in [4.78, 5) is 0. The summed E-state index contributed by atoms with van der Waals surface area (Å²) in [5, 5.41) is 7.59. The first kappa shape index (κ1) is 25.5. The second kappa shape index (κ2) is 10.2. The van der Waals surface area contributed by atoms with Gasteiger partial charge in [-0.05, 0) is 89.0 Å². The summed E-state index contributed by atoms with van der Waals surface area (Å²) >= 11 is 7.88. The second-order valence-corrected chi connectivity index (χ2v) is 12.5. The minimum Gasteiger partial charge on any atom is -0.0622 e. The van der Waals surface area contributed by atoms with Crippen molar-refractivity contribution in [3.63, 3.8) is 0 Å². The lowest BCUT2D eigenvalue weighted by Crippen LogP contribution is -1.91. The summed E-state index contributed by atoms with van der Waals surface area (Å²) in [5.41, 5.74) is 9.80. The highest BCUT2D eigenvalue weighted by atomic mass is 79.9. The summed E-state index contributed by atoms with van der Waals surface area (Å²) < 4.78 is 2.22. The maximum Gasteiger partial charge on any atom is 0.0260 e. The minimum absolute atomic E-state index is 1.11. The van der Waals surface area contributed by atoms with Gasteiger partial charge in [0.1, 0.15) is 0 Å². The fourth-order valence-electron chi connectivity index (χ4n) is 6.33. The van der Waals surface area contributed by atoms with E-state index in [0.29, 0.717) is 0 Å². The zero-order valence-electron chi connectivity index (χ0n) is 22.6. The highest BCUT2D eigenvalue weighted by Gasteiger charge is 2.18. The van der Waals surface area contributed by atoms with Crippen LogP contribution in [0, 0.1) is 0 Å². The van der Waals surface area contributed by atoms with Gasteiger partial charge in [-0.25, -0.2) is 0 Å². The van der Waals surface area contributed by atoms with Crippen molar-refractivity contribution in [1.29, 1.82) is 0 Å². The molecule has 0 N–H and O–H groups in total. The van der Waals surface area contributed by atoms with Gasteiger partial charge >= 0.3 is 0 Å². The molecule has 0 radical (unpaired) electrons. The fourth-order valence-corrected chi connectivity index (χ4v) is 7.45. The number of rotatable bonds is 4. The largest absolute Gasteiger partial charge is 0.0622 e. The van der Waals surface area contributed by atoms with Crippen LogP contribution in [0.4, 0.5) is 0 Å². The second-order valence-electron chi connectivity index (χ2n) is 10.8. The van der Waals surface area contributed by atoms with Gasteiger partial charge in [-0.1, -0.05) is 165 Å². The zero-order valence-corrected chi connectivity index (χ0v) is 25.8. The SMILES string of the molecule is Brc1cc(-c2ccc(-c3ccccc3)cc2)c2ccc3c(Br)cc(-c4ccc(-c5ccccc5)cc4)c4ccc1c2c34. The van der Waals surface area contributed by atoms with Crippen molar-refractivity contribution >= 4 is 64.2 Å². The van der Waals surface area contributed by atoms with Crippen LogP contribution in [0.25, 0.3) is 76.8 Å². The van der Waals surface area contributed by atoms with Crippen LogP contribution in [0.1, 0.15) is 0 Å². The third-order valence-corrected chi connectivity index (χ3v) is 9.72. The average molecular weight is 664 g/mol. The van der Waals surface area contributed by atoms with E-state index in [9.17, 15) is 0 Å². The van der Waals surface area contributed by atoms with E-state index in [1.54, 1.807) is 0 Å². The highest BCUT2D eigenvalue weighted by Crippen LogP contribution is 2.47. The molecule has 8 aromatic carbocycles. The van der Waals surface area contributed by atoms with Gasteiger partial charge in [0.25, 0.3) is 0 Å². The highest BCUT2D eigenvalue weighted by molar-refractivity contribution is 9.11. The Morgan fingerprint density at radius 1 is 0.286 bits per heavy atom. The van der Waals surface area contributed by atoms with Crippen LogP contribution in [-0.2, 0) is 0 Å². The van der Waals surface area contributed by atoms with E-state index >= 15 is 0 Å². The molecule has 0 bridgehead atoms. The first-order chi connectivity index (χ1) is 20.7. The predicted octanol–water partition coefficient (Wildman–Crippen LogP) is 12.8. The third kappa shape index (κ3) is 4.17. The van der Waals surface area contributed by atoms with E-state index < -0.39 is 0 Å². The van der Waals surface area contributed by atoms with Crippen LogP contribution >= 0.6 is 31.9 Å². The molecule has 0 saturated carbocycles. The summed E-state index contributed by atoms with van der Waals surface area (Å²) in [5.74, 6) is 0. The maximum atomic E-state index is 3.94. The van der Waals surface area contributed by atoms with Crippen molar-refractivity contribution in [2.45, 2.75) is 0 Å². The van der Waals surface area contributed by atoms with E-state index in [4.69, 9.17) is 0 Å². The fraction of sp³-hybridized carbons (Fsp3) is 0. The monoisotopic (exact) mass is 662 g/mol. The standard InChI is InChI=1S/C40H24Br2/c41-37-23-35(29-15-11-27(12-16-29)25-7-3-1-4-8-25)31-19-21-34-38(42)24-36(32-20-22-33(37)39(31)40(32)34)30-17-13-28(14-18-30)26-9-5-2-6-10-26/h1-24H. The first-order valence-electron chi connectivity index (χ1n) is 14.1. The van der Waals surface area contributed by atoms with Gasteiger partial charge in [0, 0.05) is 8.95 Å². The average Bonchev–Trinajstić information content (AvgIpc) is 3.06. The van der Waals surface area contributed by atoms with Gasteiger partial charge in [0.05, 0.1) is 0 Å². The van der Waals surface area contributed by atoms with Gasteiger partial charge in [0.2, 0.25) is 0 Å². The predicted molar refractivity (Wildman–Crippen MR) is 187 cm³/mol. The molecular weight excluding hydrogens is 640 g/mol. The molecular formula is C40H24Br2. The van der Waals surface area contributed by atoms with Gasteiger partial charge in [-0.3, -0.25) is 0 Å². The normalized spacial score (nSPS) is 11.6. The van der Waals surface area contributed by atoms with Crippen molar-refractivity contribution in [1.82, 2.24) is 0 Å². The first-order valence-corrected chi connectivity index (χ1v) is 15.7. The van der Waals surface area contributed by atoms with Gasteiger partial charge in [-0.15, -0.1) is 0 Å². The Kier molecular flexibility index (Phi) is 6.21. The maximum absolute atomic E-state index is 3.94. The molecule has 2 heteroatoms. The molecule has 0 saturated heterocycles. The molecule has 0 amide bonds. The smallest absolute Gasteiger partial charge is 0.0260 e. The summed E-state index contributed by atoms with van der Waals surface area (Å²) in [6.45, 7) is 0. The summed E-state index contributed by atoms with van der Waals surface area (Å²) in [6, 6.07) is 52.7. The van der Waals surface area contributed by atoms with Crippen molar-refractivity contribution in [2.24, 2.45) is 0 Å². The third-order valence-electron chi connectivity index (χ3n) is 8.40. The number of hydrogen-bond acceptors (Lipinski definition) is 0. The van der Waals surface area contributed by atoms with Crippen molar-refractivity contribution in [3.05, 3.63) is 155 Å². The molecule has 8 aromatic rings. The van der Waals surface area contributed by atoms with Crippen LogP contribution in [0.2, 0.25) is 0 Å². The molecule has 0 aliphatic carbocycles. The van der Waals surface area contributed by atoms with Crippen LogP contribution in [0.5, 0.6) is 0 Å². The van der Waals surface area contributed by atoms with Crippen LogP contribution < -0.4 is 0 Å². The summed E-state index contributed by atoms with van der Waals surface area (Å²) in [6.07, 6.45) is 0. The Hall–Kier alpha value is -4.24. The van der Waals surface area contributed by atoms with Gasteiger partial charge in [-0.2, -0.15) is 0 Å². The van der Waals surface area contributed by atoms with Crippen LogP contribution in [-0.4, -0.2) is 0 Å². The van der Waals surface area contributed by atoms with Crippen LogP contribution in [0.15, 0.2) is 155 Å². The molecule has 42 heavy (non-hydrogen) atoms. The quantitative estimate of drug-likeness (QED) is 0.164. The topological polar surface area (TPSA) is 0 Å². The Bertz CT molecular complexity index is 2050. The van der Waals surface area contributed by atoms with E-state index in [0.717, 1.165) is 8.95 Å². The molecule has 0 fully saturated rings. The van der Waals surface area contributed by atoms with Crippen molar-refractivity contribution < 1.29 is 0 Å². The molecule has 0 nitrogen and oxygen atoms in total. The lowest BCUT2D eigenvalue weighted by molar-refractivity contribution is 1.60. The molecule has 0 unspecified atom stereocenters. The van der Waals surface area contributed by atoms with Crippen molar-refractivity contribution in [2.75, 3.05) is 0 Å². The van der Waals surface area contributed by atoms with Gasteiger partial charge < -0.3 is 0 Å². The van der Waals surface area contributed by atoms with Crippen LogP contribution in [0.3, 0.4) is 0 Å². The Labute approximate surface area is 261 Å². The van der Waals surface area contributed by atoms with Crippen molar-refractivity contribution in [3.8, 4) is 44.5 Å². The van der Waals surface area contributed by atoms with E-state index in [-0.39, 0.29) is 0 Å². The molecule has 8 rings (SSSR count). The number of halogens is 2. The molecule has 0 heterocycles. The van der Waals surface area contributed by atoms with Gasteiger partial charge in [0.15, 0.2) is 0 Å².